The Kier molecular flexibility index (Phi) is 3.89. The molecule has 20 heavy (non-hydrogen) atoms. The van der Waals surface area contributed by atoms with Crippen LogP contribution in [0.15, 0.2) is 30.2 Å². The van der Waals surface area contributed by atoms with Crippen molar-refractivity contribution in [3.05, 3.63) is 40.9 Å². The highest BCUT2D eigenvalue weighted by Crippen LogP contribution is 2.32. The summed E-state index contributed by atoms with van der Waals surface area (Å²) in [4.78, 5) is 8.59. The number of nitrogens with zero attached hydrogens (tertiary/aromatic N) is 3. The lowest BCUT2D eigenvalue weighted by Gasteiger charge is -2.11. The SMILES string of the molecule is CCCn1cncc1CNc1c(Cl)ccc2scnc12. The van der Waals surface area contributed by atoms with Gasteiger partial charge in [-0.25, -0.2) is 9.97 Å². The third kappa shape index (κ3) is 2.51. The summed E-state index contributed by atoms with van der Waals surface area (Å²) in [5.41, 5.74) is 4.82. The first kappa shape index (κ1) is 13.4. The van der Waals surface area contributed by atoms with Gasteiger partial charge in [0, 0.05) is 12.7 Å². The van der Waals surface area contributed by atoms with Crippen molar-refractivity contribution >= 4 is 38.8 Å². The zero-order valence-corrected chi connectivity index (χ0v) is 12.7. The molecule has 0 aliphatic carbocycles. The first-order valence-electron chi connectivity index (χ1n) is 6.54. The van der Waals surface area contributed by atoms with Crippen LogP contribution in [0.2, 0.25) is 5.02 Å². The number of halogens is 1. The minimum Gasteiger partial charge on any atom is -0.376 e. The first-order valence-corrected chi connectivity index (χ1v) is 7.80. The number of fused-ring (bicyclic) bond motifs is 1. The molecule has 0 saturated heterocycles. The van der Waals surface area contributed by atoms with E-state index < -0.39 is 0 Å². The van der Waals surface area contributed by atoms with Crippen molar-refractivity contribution in [3.8, 4) is 0 Å². The fourth-order valence-electron chi connectivity index (χ4n) is 2.19. The van der Waals surface area contributed by atoms with E-state index in [1.165, 1.54) is 0 Å². The summed E-state index contributed by atoms with van der Waals surface area (Å²) in [6.07, 6.45) is 4.84. The van der Waals surface area contributed by atoms with E-state index in [1.807, 2.05) is 30.2 Å². The minimum absolute atomic E-state index is 0.691. The average molecular weight is 307 g/mol. The number of anilines is 1. The number of benzene rings is 1. The van der Waals surface area contributed by atoms with E-state index in [0.717, 1.165) is 34.6 Å². The molecule has 0 atom stereocenters. The third-order valence-electron chi connectivity index (χ3n) is 3.16. The predicted octanol–water partition coefficient (Wildman–Crippen LogP) is 4.17. The maximum Gasteiger partial charge on any atom is 0.106 e. The zero-order valence-electron chi connectivity index (χ0n) is 11.1. The van der Waals surface area contributed by atoms with E-state index in [4.69, 9.17) is 11.6 Å². The van der Waals surface area contributed by atoms with Crippen LogP contribution in [-0.4, -0.2) is 14.5 Å². The van der Waals surface area contributed by atoms with Crippen molar-refractivity contribution in [2.75, 3.05) is 5.32 Å². The molecular weight excluding hydrogens is 292 g/mol. The Morgan fingerprint density at radius 3 is 3.15 bits per heavy atom. The van der Waals surface area contributed by atoms with Gasteiger partial charge in [-0.1, -0.05) is 18.5 Å². The lowest BCUT2D eigenvalue weighted by molar-refractivity contribution is 0.651. The summed E-state index contributed by atoms with van der Waals surface area (Å²) >= 11 is 7.90. The molecule has 3 aromatic rings. The highest BCUT2D eigenvalue weighted by molar-refractivity contribution is 7.16. The molecule has 1 N–H and O–H groups in total. The normalized spacial score (nSPS) is 11.1. The monoisotopic (exact) mass is 306 g/mol. The summed E-state index contributed by atoms with van der Waals surface area (Å²) < 4.78 is 3.29. The van der Waals surface area contributed by atoms with Gasteiger partial charge in [-0.2, -0.15) is 0 Å². The second kappa shape index (κ2) is 5.81. The van der Waals surface area contributed by atoms with Crippen LogP contribution in [0, 0.1) is 0 Å². The van der Waals surface area contributed by atoms with Crippen LogP contribution >= 0.6 is 22.9 Å². The molecule has 2 aromatic heterocycles. The second-order valence-electron chi connectivity index (χ2n) is 4.55. The Labute approximate surface area is 126 Å². The third-order valence-corrected chi connectivity index (χ3v) is 4.27. The van der Waals surface area contributed by atoms with E-state index in [2.05, 4.69) is 26.8 Å². The highest BCUT2D eigenvalue weighted by Gasteiger charge is 2.09. The molecule has 0 fully saturated rings. The van der Waals surface area contributed by atoms with Crippen molar-refractivity contribution in [3.63, 3.8) is 0 Å². The van der Waals surface area contributed by atoms with Gasteiger partial charge in [0.25, 0.3) is 0 Å². The van der Waals surface area contributed by atoms with Crippen molar-refractivity contribution in [1.82, 2.24) is 14.5 Å². The van der Waals surface area contributed by atoms with Gasteiger partial charge in [0.2, 0.25) is 0 Å². The highest BCUT2D eigenvalue weighted by atomic mass is 35.5. The summed E-state index contributed by atoms with van der Waals surface area (Å²) in [6, 6.07) is 3.91. The minimum atomic E-state index is 0.691. The lowest BCUT2D eigenvalue weighted by Crippen LogP contribution is -2.07. The molecule has 4 nitrogen and oxygen atoms in total. The predicted molar refractivity (Wildman–Crippen MR) is 84.5 cm³/mol. The van der Waals surface area contributed by atoms with E-state index in [1.54, 1.807) is 11.3 Å². The molecule has 2 heterocycles. The molecule has 3 rings (SSSR count). The van der Waals surface area contributed by atoms with Gasteiger partial charge >= 0.3 is 0 Å². The number of aromatic nitrogens is 3. The number of nitrogens with one attached hydrogen (secondary N) is 1. The molecule has 0 saturated carbocycles. The van der Waals surface area contributed by atoms with Crippen molar-refractivity contribution < 1.29 is 0 Å². The lowest BCUT2D eigenvalue weighted by atomic mass is 10.2. The topological polar surface area (TPSA) is 42.7 Å². The van der Waals surface area contributed by atoms with Crippen LogP contribution in [0.25, 0.3) is 10.2 Å². The fraction of sp³-hybridized carbons (Fsp3) is 0.286. The fourth-order valence-corrected chi connectivity index (χ4v) is 3.10. The largest absolute Gasteiger partial charge is 0.376 e. The van der Waals surface area contributed by atoms with E-state index in [-0.39, 0.29) is 0 Å². The van der Waals surface area contributed by atoms with Crippen molar-refractivity contribution in [2.45, 2.75) is 26.4 Å². The number of hydrogen-bond donors (Lipinski definition) is 1. The van der Waals surface area contributed by atoms with E-state index in [9.17, 15) is 0 Å². The number of imidazole rings is 1. The Balaban J connectivity index is 1.84. The first-order chi connectivity index (χ1) is 9.79. The average Bonchev–Trinajstić information content (AvgIpc) is 3.07. The zero-order chi connectivity index (χ0) is 13.9. The Hall–Kier alpha value is -1.59. The molecule has 0 amide bonds. The second-order valence-corrected chi connectivity index (χ2v) is 5.85. The van der Waals surface area contributed by atoms with Gasteiger partial charge in [0.15, 0.2) is 0 Å². The number of aryl methyl sites for hydroxylation is 1. The number of thiazole rings is 1. The van der Waals surface area contributed by atoms with Gasteiger partial charge in [-0.15, -0.1) is 11.3 Å². The Morgan fingerprint density at radius 1 is 1.40 bits per heavy atom. The van der Waals surface area contributed by atoms with Gasteiger partial charge < -0.3 is 9.88 Å². The summed E-state index contributed by atoms with van der Waals surface area (Å²) in [5.74, 6) is 0. The summed E-state index contributed by atoms with van der Waals surface area (Å²) in [6.45, 7) is 3.83. The molecule has 6 heteroatoms. The van der Waals surface area contributed by atoms with Gasteiger partial charge in [-0.05, 0) is 18.6 Å². The molecule has 104 valence electrons. The standard InChI is InChI=1S/C14H15ClN4S/c1-2-5-19-8-16-6-10(19)7-17-13-11(15)3-4-12-14(13)18-9-20-12/h3-4,6,8-9,17H,2,5,7H2,1H3. The van der Waals surface area contributed by atoms with Crippen molar-refractivity contribution in [1.29, 1.82) is 0 Å². The van der Waals surface area contributed by atoms with Gasteiger partial charge in [0.1, 0.15) is 5.52 Å². The maximum atomic E-state index is 6.28. The molecule has 0 spiro atoms. The van der Waals surface area contributed by atoms with Gasteiger partial charge in [0.05, 0.1) is 39.5 Å². The van der Waals surface area contributed by atoms with Crippen LogP contribution in [0.5, 0.6) is 0 Å². The molecule has 0 bridgehead atoms. The molecule has 0 radical (unpaired) electrons. The Morgan fingerprint density at radius 2 is 2.30 bits per heavy atom. The summed E-state index contributed by atoms with van der Waals surface area (Å²) in [5, 5.41) is 4.09. The summed E-state index contributed by atoms with van der Waals surface area (Å²) in [7, 11) is 0. The smallest absolute Gasteiger partial charge is 0.106 e. The van der Waals surface area contributed by atoms with Crippen molar-refractivity contribution in [2.24, 2.45) is 0 Å². The van der Waals surface area contributed by atoms with E-state index in [0.29, 0.717) is 11.6 Å². The molecule has 0 aliphatic heterocycles. The van der Waals surface area contributed by atoms with Crippen LogP contribution in [0.3, 0.4) is 0 Å². The Bertz CT molecular complexity index is 719. The molecule has 1 aromatic carbocycles. The van der Waals surface area contributed by atoms with Crippen LogP contribution in [-0.2, 0) is 13.1 Å². The quantitative estimate of drug-likeness (QED) is 0.769. The molecule has 0 aliphatic rings. The molecule has 0 unspecified atom stereocenters. The van der Waals surface area contributed by atoms with Crippen LogP contribution in [0.4, 0.5) is 5.69 Å². The van der Waals surface area contributed by atoms with Gasteiger partial charge in [-0.3, -0.25) is 0 Å². The number of hydrogen-bond acceptors (Lipinski definition) is 4. The maximum absolute atomic E-state index is 6.28. The van der Waals surface area contributed by atoms with E-state index >= 15 is 0 Å². The number of rotatable bonds is 5. The molecular formula is C14H15ClN4S. The van der Waals surface area contributed by atoms with Crippen LogP contribution < -0.4 is 5.32 Å². The van der Waals surface area contributed by atoms with Crippen LogP contribution in [0.1, 0.15) is 19.0 Å².